The molecule has 1 aliphatic carbocycles. The van der Waals surface area contributed by atoms with Crippen LogP contribution < -0.4 is 0 Å². The van der Waals surface area contributed by atoms with Crippen LogP contribution in [0.3, 0.4) is 0 Å². The van der Waals surface area contributed by atoms with Crippen LogP contribution in [0.25, 0.3) is 0 Å². The monoisotopic (exact) mass is 559 g/mol. The molecule has 1 rings (SSSR count). The van der Waals surface area contributed by atoms with Crippen molar-refractivity contribution in [3.05, 3.63) is 0 Å². The normalized spacial score (nSPS) is 23.4. The number of ether oxygens (including phenoxy) is 1. The number of hydrogen-bond donors (Lipinski definition) is 1. The highest BCUT2D eigenvalue weighted by atomic mass is 28.4. The van der Waals surface area contributed by atoms with Gasteiger partial charge in [-0.05, 0) is 71.1 Å². The second-order valence-corrected chi connectivity index (χ2v) is 15.5. The van der Waals surface area contributed by atoms with Crippen LogP contribution in [0.1, 0.15) is 81.1 Å². The van der Waals surface area contributed by atoms with Crippen LogP contribution in [0.2, 0.25) is 6.04 Å². The SMILES string of the molecule is CO[Si](CCCOC(C(C)N(CC1(C)CC(N=C=O)CC(C)(C)C1)C(=O)O)N(C(C)C)C(C)C)(OC)OC. The summed E-state index contributed by atoms with van der Waals surface area (Å²) < 4.78 is 23.1. The number of isocyanates is 1. The van der Waals surface area contributed by atoms with Gasteiger partial charge in [0, 0.05) is 52.6 Å². The van der Waals surface area contributed by atoms with Gasteiger partial charge in [-0.3, -0.25) is 4.90 Å². The Morgan fingerprint density at radius 3 is 2.05 bits per heavy atom. The first kappa shape index (κ1) is 34.7. The smallest absolute Gasteiger partial charge is 0.465 e. The molecule has 1 amide bonds. The van der Waals surface area contributed by atoms with Crippen molar-refractivity contribution >= 4 is 21.0 Å². The van der Waals surface area contributed by atoms with E-state index in [1.165, 1.54) is 4.90 Å². The molecule has 0 aromatic rings. The van der Waals surface area contributed by atoms with Gasteiger partial charge in [0.15, 0.2) is 0 Å². The summed E-state index contributed by atoms with van der Waals surface area (Å²) in [5.74, 6) is 0. The fourth-order valence-electron chi connectivity index (χ4n) is 6.52. The average molecular weight is 560 g/mol. The summed E-state index contributed by atoms with van der Waals surface area (Å²) in [6.45, 7) is 17.5. The number of amides is 1. The quantitative estimate of drug-likeness (QED) is 0.0924. The van der Waals surface area contributed by atoms with Crippen LogP contribution >= 0.6 is 0 Å². The minimum Gasteiger partial charge on any atom is -0.465 e. The predicted octanol–water partition coefficient (Wildman–Crippen LogP) is 5.01. The number of carboxylic acid groups (broad SMARTS) is 1. The van der Waals surface area contributed by atoms with Gasteiger partial charge in [0.2, 0.25) is 6.08 Å². The van der Waals surface area contributed by atoms with E-state index in [-0.39, 0.29) is 29.0 Å². The van der Waals surface area contributed by atoms with Crippen molar-refractivity contribution < 1.29 is 32.7 Å². The predicted molar refractivity (Wildman–Crippen MR) is 150 cm³/mol. The number of carbonyl (C=O) groups excluding carboxylic acids is 1. The van der Waals surface area contributed by atoms with Gasteiger partial charge in [-0.2, -0.15) is 0 Å². The molecule has 0 aliphatic heterocycles. The minimum absolute atomic E-state index is 0.0658. The van der Waals surface area contributed by atoms with Crippen LogP contribution in [-0.4, -0.2) is 101 Å². The Morgan fingerprint density at radius 1 is 1.05 bits per heavy atom. The molecule has 0 bridgehead atoms. The van der Waals surface area contributed by atoms with E-state index >= 15 is 0 Å². The standard InChI is InChI=1S/C27H53N3O7Si/c1-20(2)30(21(3)4)24(37-13-12-14-38(34-9,35-10)36-11)22(5)29(25(32)33)18-27(8)16-23(28-19-31)15-26(6,7)17-27/h20-24H,12-18H2,1-11H3,(H,32,33). The summed E-state index contributed by atoms with van der Waals surface area (Å²) in [7, 11) is 2.04. The van der Waals surface area contributed by atoms with E-state index in [0.29, 0.717) is 32.0 Å². The lowest BCUT2D eigenvalue weighted by Crippen LogP contribution is -2.59. The van der Waals surface area contributed by atoms with Crippen LogP contribution in [0.5, 0.6) is 0 Å². The Hall–Kier alpha value is -1.33. The molecule has 222 valence electrons. The average Bonchev–Trinajstić information content (AvgIpc) is 2.80. The number of rotatable bonds is 16. The third-order valence-corrected chi connectivity index (χ3v) is 10.5. The van der Waals surface area contributed by atoms with Gasteiger partial charge in [-0.25, -0.2) is 14.6 Å². The van der Waals surface area contributed by atoms with Gasteiger partial charge in [0.05, 0.1) is 12.1 Å². The highest BCUT2D eigenvalue weighted by Gasteiger charge is 2.45. The van der Waals surface area contributed by atoms with Crippen molar-refractivity contribution in [3.63, 3.8) is 0 Å². The molecule has 4 atom stereocenters. The lowest BCUT2D eigenvalue weighted by Gasteiger charge is -2.49. The van der Waals surface area contributed by atoms with E-state index in [1.54, 1.807) is 27.4 Å². The van der Waals surface area contributed by atoms with Gasteiger partial charge in [-0.15, -0.1) is 0 Å². The summed E-state index contributed by atoms with van der Waals surface area (Å²) in [6, 6.07) is 0.267. The van der Waals surface area contributed by atoms with Gasteiger partial charge >= 0.3 is 14.9 Å². The maximum absolute atomic E-state index is 12.7. The van der Waals surface area contributed by atoms with Crippen LogP contribution in [0.15, 0.2) is 4.99 Å². The minimum atomic E-state index is -2.73. The largest absolute Gasteiger partial charge is 0.500 e. The van der Waals surface area contributed by atoms with E-state index in [4.69, 9.17) is 18.0 Å². The number of carbonyl (C=O) groups is 1. The molecule has 0 spiro atoms. The summed E-state index contributed by atoms with van der Waals surface area (Å²) in [5.41, 5.74) is -0.408. The molecule has 10 nitrogen and oxygen atoms in total. The zero-order valence-electron chi connectivity index (χ0n) is 25.6. The van der Waals surface area contributed by atoms with Crippen molar-refractivity contribution in [2.75, 3.05) is 34.5 Å². The second-order valence-electron chi connectivity index (χ2n) is 12.4. The molecule has 38 heavy (non-hydrogen) atoms. The zero-order valence-corrected chi connectivity index (χ0v) is 26.6. The summed E-state index contributed by atoms with van der Waals surface area (Å²) in [4.78, 5) is 31.5. The first-order valence-corrected chi connectivity index (χ1v) is 15.6. The van der Waals surface area contributed by atoms with Crippen LogP contribution in [0.4, 0.5) is 4.79 Å². The molecule has 11 heteroatoms. The van der Waals surface area contributed by atoms with E-state index in [1.807, 2.05) is 6.92 Å². The summed E-state index contributed by atoms with van der Waals surface area (Å²) in [6.07, 6.45) is 3.19. The Bertz CT molecular complexity index is 770. The number of nitrogens with zero attached hydrogens (tertiary/aromatic N) is 3. The molecule has 4 unspecified atom stereocenters. The van der Waals surface area contributed by atoms with Crippen LogP contribution in [-0.2, 0) is 22.8 Å². The molecular weight excluding hydrogens is 506 g/mol. The lowest BCUT2D eigenvalue weighted by molar-refractivity contribution is -0.127. The lowest BCUT2D eigenvalue weighted by atomic mass is 9.62. The number of hydrogen-bond acceptors (Lipinski definition) is 8. The molecule has 0 radical (unpaired) electrons. The van der Waals surface area contributed by atoms with Crippen molar-refractivity contribution in [1.29, 1.82) is 0 Å². The van der Waals surface area contributed by atoms with E-state index in [2.05, 4.69) is 58.4 Å². The fraction of sp³-hybridized carbons (Fsp3) is 0.926. The fourth-order valence-corrected chi connectivity index (χ4v) is 8.21. The third-order valence-electron chi connectivity index (χ3n) is 7.69. The third kappa shape index (κ3) is 9.69. The molecule has 1 saturated carbocycles. The van der Waals surface area contributed by atoms with E-state index in [0.717, 1.165) is 12.8 Å². The molecule has 0 aromatic carbocycles. The maximum atomic E-state index is 12.7. The molecule has 0 aromatic heterocycles. The summed E-state index contributed by atoms with van der Waals surface area (Å²) in [5, 5.41) is 10.4. The molecular formula is C27H53N3O7Si. The zero-order chi connectivity index (χ0) is 29.3. The van der Waals surface area contributed by atoms with Gasteiger partial charge in [0.25, 0.3) is 0 Å². The summed E-state index contributed by atoms with van der Waals surface area (Å²) >= 11 is 0. The second kappa shape index (κ2) is 14.9. The van der Waals surface area contributed by atoms with Crippen molar-refractivity contribution in [2.45, 2.75) is 118 Å². The molecule has 1 N–H and O–H groups in total. The number of aliphatic imine (C=N–C) groups is 1. The van der Waals surface area contributed by atoms with Crippen LogP contribution in [0, 0.1) is 10.8 Å². The Labute approximate surface area is 231 Å². The van der Waals surface area contributed by atoms with Crippen molar-refractivity contribution in [3.8, 4) is 0 Å². The van der Waals surface area contributed by atoms with E-state index in [9.17, 15) is 14.7 Å². The van der Waals surface area contributed by atoms with Gasteiger partial charge in [-0.1, -0.05) is 20.8 Å². The van der Waals surface area contributed by atoms with Gasteiger partial charge < -0.3 is 28.0 Å². The Kier molecular flexibility index (Phi) is 13.6. The first-order chi connectivity index (χ1) is 17.6. The molecule has 1 aliphatic rings. The van der Waals surface area contributed by atoms with Gasteiger partial charge in [0.1, 0.15) is 6.23 Å². The topological polar surface area (TPSA) is 110 Å². The molecule has 1 fully saturated rings. The maximum Gasteiger partial charge on any atom is 0.500 e. The highest BCUT2D eigenvalue weighted by molar-refractivity contribution is 6.60. The van der Waals surface area contributed by atoms with Crippen molar-refractivity contribution in [2.24, 2.45) is 15.8 Å². The molecule has 0 saturated heterocycles. The van der Waals surface area contributed by atoms with Crippen molar-refractivity contribution in [1.82, 2.24) is 9.80 Å². The highest BCUT2D eigenvalue weighted by Crippen LogP contribution is 2.47. The Balaban J connectivity index is 3.22. The van der Waals surface area contributed by atoms with E-state index < -0.39 is 27.2 Å². The first-order valence-electron chi connectivity index (χ1n) is 13.7. The molecule has 0 heterocycles. The Morgan fingerprint density at radius 2 is 1.61 bits per heavy atom.